The van der Waals surface area contributed by atoms with E-state index in [-0.39, 0.29) is 0 Å². The molecule has 2 aromatic heterocycles. The van der Waals surface area contributed by atoms with Gasteiger partial charge in [-0.15, -0.1) is 11.3 Å². The van der Waals surface area contributed by atoms with Gasteiger partial charge in [0.15, 0.2) is 0 Å². The molecule has 0 aliphatic carbocycles. The van der Waals surface area contributed by atoms with Crippen molar-refractivity contribution in [2.24, 2.45) is 0 Å². The van der Waals surface area contributed by atoms with Crippen molar-refractivity contribution in [2.75, 3.05) is 20.2 Å². The van der Waals surface area contributed by atoms with Crippen molar-refractivity contribution in [3.63, 3.8) is 0 Å². The highest BCUT2D eigenvalue weighted by Crippen LogP contribution is 2.33. The second-order valence-electron chi connectivity index (χ2n) is 6.62. The Morgan fingerprint density at radius 3 is 3.09 bits per heavy atom. The molecule has 4 nitrogen and oxygen atoms in total. The van der Waals surface area contributed by atoms with E-state index in [1.807, 2.05) is 23.5 Å². The van der Waals surface area contributed by atoms with Crippen LogP contribution in [0.25, 0.3) is 0 Å². The molecular formula is C18H24N2O2S. The van der Waals surface area contributed by atoms with Gasteiger partial charge in [-0.1, -0.05) is 6.07 Å². The minimum absolute atomic E-state index is 0.323. The van der Waals surface area contributed by atoms with Crippen LogP contribution < -0.4 is 0 Å². The molecule has 0 amide bonds. The number of likely N-dealkylation sites (N-methyl/N-ethyl adjacent to an activating group) is 1. The predicted molar refractivity (Wildman–Crippen MR) is 91.5 cm³/mol. The number of hydrogen-bond donors (Lipinski definition) is 0. The molecule has 2 fully saturated rings. The number of rotatable bonds is 5. The molecule has 0 radical (unpaired) electrons. The monoisotopic (exact) mass is 332 g/mol. The third-order valence-electron chi connectivity index (χ3n) is 5.09. The van der Waals surface area contributed by atoms with Crippen LogP contribution >= 0.6 is 11.3 Å². The SMILES string of the molecule is CN(Cc1ccco1)[C@@H]1CN(Cc2cccs2)[C@@H]2CCCO[C@H]12. The Balaban J connectivity index is 1.48. The summed E-state index contributed by atoms with van der Waals surface area (Å²) in [6.45, 7) is 3.87. The molecular weight excluding hydrogens is 308 g/mol. The van der Waals surface area contributed by atoms with Crippen LogP contribution in [0.15, 0.2) is 40.3 Å². The number of fused-ring (bicyclic) bond motifs is 1. The van der Waals surface area contributed by atoms with E-state index in [0.717, 1.165) is 32.0 Å². The third-order valence-corrected chi connectivity index (χ3v) is 5.96. The first-order valence-corrected chi connectivity index (χ1v) is 9.30. The highest BCUT2D eigenvalue weighted by molar-refractivity contribution is 7.09. The van der Waals surface area contributed by atoms with E-state index >= 15 is 0 Å². The van der Waals surface area contributed by atoms with Crippen molar-refractivity contribution in [2.45, 2.75) is 44.1 Å². The molecule has 0 aromatic carbocycles. The topological polar surface area (TPSA) is 28.9 Å². The molecule has 0 unspecified atom stereocenters. The summed E-state index contributed by atoms with van der Waals surface area (Å²) in [5.74, 6) is 1.02. The first kappa shape index (κ1) is 15.4. The fourth-order valence-corrected chi connectivity index (χ4v) is 4.69. The lowest BCUT2D eigenvalue weighted by Gasteiger charge is -2.34. The lowest BCUT2D eigenvalue weighted by molar-refractivity contribution is -0.0391. The van der Waals surface area contributed by atoms with Crippen LogP contribution in [-0.4, -0.2) is 48.2 Å². The van der Waals surface area contributed by atoms with Gasteiger partial charge in [0.2, 0.25) is 0 Å². The van der Waals surface area contributed by atoms with E-state index in [1.54, 1.807) is 6.26 Å². The van der Waals surface area contributed by atoms with Crippen LogP contribution in [0.4, 0.5) is 0 Å². The molecule has 0 spiro atoms. The number of likely N-dealkylation sites (tertiary alicyclic amines) is 1. The molecule has 4 rings (SSSR count). The highest BCUT2D eigenvalue weighted by Gasteiger charge is 2.45. The van der Waals surface area contributed by atoms with Crippen LogP contribution in [-0.2, 0) is 17.8 Å². The quantitative estimate of drug-likeness (QED) is 0.841. The molecule has 23 heavy (non-hydrogen) atoms. The lowest BCUT2D eigenvalue weighted by Crippen LogP contribution is -2.46. The molecule has 4 heterocycles. The van der Waals surface area contributed by atoms with Crippen LogP contribution in [0.3, 0.4) is 0 Å². The average Bonchev–Trinajstić information content (AvgIpc) is 3.29. The van der Waals surface area contributed by atoms with Gasteiger partial charge in [0.1, 0.15) is 5.76 Å². The van der Waals surface area contributed by atoms with Crippen molar-refractivity contribution in [1.82, 2.24) is 9.80 Å². The van der Waals surface area contributed by atoms with Crippen LogP contribution in [0.5, 0.6) is 0 Å². The fraction of sp³-hybridized carbons (Fsp3) is 0.556. The van der Waals surface area contributed by atoms with Gasteiger partial charge < -0.3 is 9.15 Å². The van der Waals surface area contributed by atoms with Gasteiger partial charge in [0, 0.05) is 30.6 Å². The van der Waals surface area contributed by atoms with Crippen LogP contribution in [0.1, 0.15) is 23.5 Å². The Morgan fingerprint density at radius 1 is 1.35 bits per heavy atom. The number of furan rings is 1. The molecule has 0 N–H and O–H groups in total. The molecule has 5 heteroatoms. The second-order valence-corrected chi connectivity index (χ2v) is 7.65. The van der Waals surface area contributed by atoms with E-state index in [2.05, 4.69) is 34.4 Å². The van der Waals surface area contributed by atoms with Gasteiger partial charge in [-0.3, -0.25) is 9.80 Å². The number of thiophene rings is 1. The molecule has 0 bridgehead atoms. The number of nitrogens with zero attached hydrogens (tertiary/aromatic N) is 2. The van der Waals surface area contributed by atoms with Gasteiger partial charge in [-0.05, 0) is 43.5 Å². The molecule has 2 saturated heterocycles. The summed E-state index contributed by atoms with van der Waals surface area (Å²) in [7, 11) is 2.19. The summed E-state index contributed by atoms with van der Waals surface area (Å²) in [5, 5.41) is 2.17. The van der Waals surface area contributed by atoms with Crippen molar-refractivity contribution in [3.05, 3.63) is 46.5 Å². The summed E-state index contributed by atoms with van der Waals surface area (Å²) in [6, 6.07) is 9.38. The van der Waals surface area contributed by atoms with Gasteiger partial charge in [-0.25, -0.2) is 0 Å². The molecule has 2 aliphatic heterocycles. The van der Waals surface area contributed by atoms with Gasteiger partial charge in [0.25, 0.3) is 0 Å². The lowest BCUT2D eigenvalue weighted by atomic mass is 10.00. The average molecular weight is 332 g/mol. The molecule has 124 valence electrons. The molecule has 0 saturated carbocycles. The fourth-order valence-electron chi connectivity index (χ4n) is 3.96. The Labute approximate surface area is 141 Å². The van der Waals surface area contributed by atoms with E-state index < -0.39 is 0 Å². The largest absolute Gasteiger partial charge is 0.468 e. The van der Waals surface area contributed by atoms with E-state index in [1.165, 1.54) is 17.7 Å². The van der Waals surface area contributed by atoms with Crippen molar-refractivity contribution in [3.8, 4) is 0 Å². The Morgan fingerprint density at radius 2 is 2.30 bits per heavy atom. The van der Waals surface area contributed by atoms with Gasteiger partial charge in [-0.2, -0.15) is 0 Å². The molecule has 2 aromatic rings. The summed E-state index contributed by atoms with van der Waals surface area (Å²) < 4.78 is 11.7. The van der Waals surface area contributed by atoms with Gasteiger partial charge in [0.05, 0.1) is 25.0 Å². The Bertz CT molecular complexity index is 599. The minimum atomic E-state index is 0.323. The van der Waals surface area contributed by atoms with Crippen molar-refractivity contribution < 1.29 is 9.15 Å². The molecule has 3 atom stereocenters. The van der Waals surface area contributed by atoms with Crippen molar-refractivity contribution >= 4 is 11.3 Å². The normalized spacial score (nSPS) is 28.3. The maximum absolute atomic E-state index is 6.19. The zero-order chi connectivity index (χ0) is 15.6. The summed E-state index contributed by atoms with van der Waals surface area (Å²) >= 11 is 1.85. The Kier molecular flexibility index (Phi) is 4.53. The first-order valence-electron chi connectivity index (χ1n) is 8.42. The standard InChI is InChI=1S/C18H24N2O2S/c1-19(11-14-5-2-8-21-14)17-13-20(12-15-6-4-10-23-15)16-7-3-9-22-18(16)17/h2,4-6,8,10,16-18H,3,7,9,11-13H2,1H3/t16-,17-,18+/m1/s1. The van der Waals surface area contributed by atoms with E-state index in [4.69, 9.17) is 9.15 Å². The van der Waals surface area contributed by atoms with E-state index in [9.17, 15) is 0 Å². The number of hydrogen-bond acceptors (Lipinski definition) is 5. The maximum atomic E-state index is 6.19. The number of ether oxygens (including phenoxy) is 1. The predicted octanol–water partition coefficient (Wildman–Crippen LogP) is 3.20. The zero-order valence-corrected chi connectivity index (χ0v) is 14.4. The summed E-state index contributed by atoms with van der Waals surface area (Å²) in [4.78, 5) is 6.47. The molecule has 2 aliphatic rings. The minimum Gasteiger partial charge on any atom is -0.468 e. The summed E-state index contributed by atoms with van der Waals surface area (Å²) in [6.07, 6.45) is 4.50. The Hall–Kier alpha value is -1.14. The highest BCUT2D eigenvalue weighted by atomic mass is 32.1. The van der Waals surface area contributed by atoms with Gasteiger partial charge >= 0.3 is 0 Å². The third kappa shape index (κ3) is 3.24. The zero-order valence-electron chi connectivity index (χ0n) is 13.6. The summed E-state index contributed by atoms with van der Waals surface area (Å²) in [5.41, 5.74) is 0. The van der Waals surface area contributed by atoms with Crippen LogP contribution in [0.2, 0.25) is 0 Å². The smallest absolute Gasteiger partial charge is 0.117 e. The second kappa shape index (κ2) is 6.77. The van der Waals surface area contributed by atoms with E-state index in [0.29, 0.717) is 18.2 Å². The first-order chi connectivity index (χ1) is 11.3. The maximum Gasteiger partial charge on any atom is 0.117 e. The van der Waals surface area contributed by atoms with Crippen LogP contribution in [0, 0.1) is 0 Å². The van der Waals surface area contributed by atoms with Crippen molar-refractivity contribution in [1.29, 1.82) is 0 Å².